The third-order valence-electron chi connectivity index (χ3n) is 9.26. The number of fused-ring (bicyclic) bond motifs is 5. The predicted octanol–water partition coefficient (Wildman–Crippen LogP) is 6.07. The number of thiophene rings is 1. The van der Waals surface area contributed by atoms with E-state index in [1.54, 1.807) is 37.6 Å². The highest BCUT2D eigenvalue weighted by Crippen LogP contribution is 2.56. The maximum atomic E-state index is 15.1. The SMILES string of the molecule is Cc1c(-c2cn(C)c(=O)c(Nc3ccc(N4CCN(C)CC4)cc3)n2)ccc(F)c1NC(=O)c1cc2c(s1)C1CCC2C1. The van der Waals surface area contributed by atoms with Crippen molar-refractivity contribution in [3.63, 3.8) is 0 Å². The summed E-state index contributed by atoms with van der Waals surface area (Å²) in [5.41, 5.74) is 4.73. The normalized spacial score (nSPS) is 19.5. The van der Waals surface area contributed by atoms with E-state index in [4.69, 9.17) is 0 Å². The molecule has 1 amide bonds. The first-order valence-corrected chi connectivity index (χ1v) is 15.7. The molecule has 2 aromatic heterocycles. The van der Waals surface area contributed by atoms with Gasteiger partial charge in [0.15, 0.2) is 5.82 Å². The van der Waals surface area contributed by atoms with Crippen LogP contribution in [-0.4, -0.2) is 53.6 Å². The van der Waals surface area contributed by atoms with Crippen LogP contribution in [0, 0.1) is 12.7 Å². The third-order valence-corrected chi connectivity index (χ3v) is 10.6. The van der Waals surface area contributed by atoms with Gasteiger partial charge in [-0.3, -0.25) is 9.59 Å². The molecular formula is C33H35FN6O2S. The van der Waals surface area contributed by atoms with Crippen molar-refractivity contribution in [2.45, 2.75) is 38.0 Å². The summed E-state index contributed by atoms with van der Waals surface area (Å²) in [5.74, 6) is 0.496. The molecule has 8 nitrogen and oxygen atoms in total. The zero-order valence-electron chi connectivity index (χ0n) is 24.6. The van der Waals surface area contributed by atoms with Crippen molar-refractivity contribution in [1.82, 2.24) is 14.5 Å². The minimum atomic E-state index is -0.512. The van der Waals surface area contributed by atoms with E-state index >= 15 is 4.39 Å². The number of rotatable bonds is 6. The quantitative estimate of drug-likeness (QED) is 0.281. The van der Waals surface area contributed by atoms with E-state index in [9.17, 15) is 9.59 Å². The number of carbonyl (C=O) groups excluding carboxylic acids is 1. The summed E-state index contributed by atoms with van der Waals surface area (Å²) in [5, 5.41) is 6.01. The lowest BCUT2D eigenvalue weighted by atomic mass is 9.99. The summed E-state index contributed by atoms with van der Waals surface area (Å²) in [7, 11) is 3.80. The van der Waals surface area contributed by atoms with Crippen LogP contribution in [0.4, 0.5) is 27.3 Å². The Bertz CT molecular complexity index is 1750. The van der Waals surface area contributed by atoms with Crippen molar-refractivity contribution >= 4 is 40.1 Å². The second-order valence-corrected chi connectivity index (χ2v) is 13.1. The number of benzene rings is 2. The molecular weight excluding hydrogens is 563 g/mol. The molecule has 1 aliphatic heterocycles. The summed E-state index contributed by atoms with van der Waals surface area (Å²) in [6, 6.07) is 13.0. The van der Waals surface area contributed by atoms with Crippen molar-refractivity contribution in [3.8, 4) is 11.3 Å². The fourth-order valence-electron chi connectivity index (χ4n) is 6.73. The summed E-state index contributed by atoms with van der Waals surface area (Å²) >= 11 is 1.54. The molecule has 2 aromatic carbocycles. The van der Waals surface area contributed by atoms with Crippen molar-refractivity contribution in [1.29, 1.82) is 0 Å². The van der Waals surface area contributed by atoms with Gasteiger partial charge in [0.25, 0.3) is 11.5 Å². The number of nitrogens with one attached hydrogen (secondary N) is 2. The Kier molecular flexibility index (Phi) is 7.05. The van der Waals surface area contributed by atoms with Gasteiger partial charge in [0.1, 0.15) is 5.82 Å². The van der Waals surface area contributed by atoms with Crippen LogP contribution >= 0.6 is 11.3 Å². The van der Waals surface area contributed by atoms with Crippen molar-refractivity contribution in [3.05, 3.63) is 85.7 Å². The second-order valence-electron chi connectivity index (χ2n) is 12.0. The predicted molar refractivity (Wildman–Crippen MR) is 171 cm³/mol. The lowest BCUT2D eigenvalue weighted by molar-refractivity contribution is 0.103. The maximum Gasteiger partial charge on any atom is 0.293 e. The van der Waals surface area contributed by atoms with Gasteiger partial charge in [-0.25, -0.2) is 9.37 Å². The number of likely N-dealkylation sites (N-methyl/N-ethyl adjacent to an activating group) is 1. The van der Waals surface area contributed by atoms with Crippen LogP contribution in [0.3, 0.4) is 0 Å². The number of aryl methyl sites for hydroxylation is 1. The number of aromatic nitrogens is 2. The highest BCUT2D eigenvalue weighted by molar-refractivity contribution is 7.14. The molecule has 3 heterocycles. The lowest BCUT2D eigenvalue weighted by Crippen LogP contribution is -2.44. The first-order chi connectivity index (χ1) is 20.7. The van der Waals surface area contributed by atoms with Gasteiger partial charge in [-0.15, -0.1) is 11.3 Å². The zero-order chi connectivity index (χ0) is 29.8. The van der Waals surface area contributed by atoms with Crippen molar-refractivity contribution in [2.24, 2.45) is 7.05 Å². The van der Waals surface area contributed by atoms with Crippen molar-refractivity contribution in [2.75, 3.05) is 48.8 Å². The Morgan fingerprint density at radius 2 is 1.77 bits per heavy atom. The van der Waals surface area contributed by atoms with Gasteiger partial charge in [-0.1, -0.05) is 0 Å². The molecule has 2 unspecified atom stereocenters. The molecule has 222 valence electrons. The van der Waals surface area contributed by atoms with Crippen LogP contribution in [0.1, 0.15) is 56.8 Å². The Labute approximate surface area is 254 Å². The topological polar surface area (TPSA) is 82.5 Å². The minimum absolute atomic E-state index is 0.128. The summed E-state index contributed by atoms with van der Waals surface area (Å²) in [6.07, 6.45) is 5.22. The fourth-order valence-corrected chi connectivity index (χ4v) is 8.02. The maximum absolute atomic E-state index is 15.1. The molecule has 2 N–H and O–H groups in total. The minimum Gasteiger partial charge on any atom is -0.369 e. The zero-order valence-corrected chi connectivity index (χ0v) is 25.4. The molecule has 1 saturated carbocycles. The van der Waals surface area contributed by atoms with Crippen LogP contribution < -0.4 is 21.1 Å². The van der Waals surface area contributed by atoms with Crippen LogP contribution in [0.25, 0.3) is 11.3 Å². The first kappa shape index (κ1) is 27.8. The summed E-state index contributed by atoms with van der Waals surface area (Å²) in [6.45, 7) is 5.77. The van der Waals surface area contributed by atoms with Gasteiger partial charge in [-0.2, -0.15) is 0 Å². The van der Waals surface area contributed by atoms with Crippen LogP contribution in [-0.2, 0) is 7.05 Å². The molecule has 0 spiro atoms. The number of anilines is 4. The lowest BCUT2D eigenvalue weighted by Gasteiger charge is -2.34. The Hall–Kier alpha value is -4.02. The number of amides is 1. The number of piperazine rings is 1. The molecule has 2 bridgehead atoms. The second kappa shape index (κ2) is 10.9. The van der Waals surface area contributed by atoms with E-state index < -0.39 is 5.82 Å². The van der Waals surface area contributed by atoms with Gasteiger partial charge in [0, 0.05) is 61.2 Å². The number of hydrogen-bond donors (Lipinski definition) is 2. The Balaban J connectivity index is 1.13. The molecule has 4 aromatic rings. The van der Waals surface area contributed by atoms with Gasteiger partial charge in [0.2, 0.25) is 0 Å². The van der Waals surface area contributed by atoms with Gasteiger partial charge < -0.3 is 25.0 Å². The van der Waals surface area contributed by atoms with E-state index in [0.29, 0.717) is 33.5 Å². The molecule has 43 heavy (non-hydrogen) atoms. The van der Waals surface area contributed by atoms with Gasteiger partial charge in [0.05, 0.1) is 16.3 Å². The molecule has 1 saturated heterocycles. The number of carbonyl (C=O) groups is 1. The van der Waals surface area contributed by atoms with E-state index in [0.717, 1.165) is 37.6 Å². The standard InChI is InChI=1S/C33H35FN6O2S/c1-19-24(10-11-26(34)29(19)37-32(41)28-17-25-20-4-5-21(16-20)30(25)43-28)27-18-39(3)33(42)31(36-27)35-22-6-8-23(9-7-22)40-14-12-38(2)13-15-40/h6-11,17-18,20-21H,4-5,12-16H2,1-3H3,(H,35,36)(H,37,41). The smallest absolute Gasteiger partial charge is 0.293 e. The van der Waals surface area contributed by atoms with Gasteiger partial charge >= 0.3 is 0 Å². The Morgan fingerprint density at radius 1 is 1.02 bits per heavy atom. The highest BCUT2D eigenvalue weighted by atomic mass is 32.1. The number of hydrogen-bond acceptors (Lipinski definition) is 7. The largest absolute Gasteiger partial charge is 0.369 e. The van der Waals surface area contributed by atoms with Crippen LogP contribution in [0.2, 0.25) is 0 Å². The van der Waals surface area contributed by atoms with Gasteiger partial charge in [-0.05, 0) is 98.7 Å². The highest BCUT2D eigenvalue weighted by Gasteiger charge is 2.39. The molecule has 2 atom stereocenters. The average Bonchev–Trinajstić information content (AvgIpc) is 3.73. The molecule has 2 fully saturated rings. The fraction of sp³-hybridized carbons (Fsp3) is 0.364. The molecule has 2 aliphatic carbocycles. The van der Waals surface area contributed by atoms with E-state index in [1.807, 2.05) is 30.3 Å². The molecule has 10 heteroatoms. The van der Waals surface area contributed by atoms with E-state index in [-0.39, 0.29) is 23.0 Å². The van der Waals surface area contributed by atoms with Crippen LogP contribution in [0.15, 0.2) is 53.5 Å². The van der Waals surface area contributed by atoms with Crippen LogP contribution in [0.5, 0.6) is 0 Å². The molecule has 0 radical (unpaired) electrons. The summed E-state index contributed by atoms with van der Waals surface area (Å²) in [4.78, 5) is 37.6. The number of nitrogens with zero attached hydrogens (tertiary/aromatic N) is 4. The van der Waals surface area contributed by atoms with E-state index in [2.05, 4.69) is 32.5 Å². The number of halogens is 1. The molecule has 3 aliphatic rings. The first-order valence-electron chi connectivity index (χ1n) is 14.9. The Morgan fingerprint density at radius 3 is 2.51 bits per heavy atom. The summed E-state index contributed by atoms with van der Waals surface area (Å²) < 4.78 is 16.6. The van der Waals surface area contributed by atoms with E-state index in [1.165, 1.54) is 40.3 Å². The molecule has 7 rings (SSSR count). The average molecular weight is 599 g/mol. The van der Waals surface area contributed by atoms with Crippen molar-refractivity contribution < 1.29 is 9.18 Å². The third kappa shape index (κ3) is 5.12. The monoisotopic (exact) mass is 598 g/mol.